The number of carbonyl (C=O) groups excluding carboxylic acids is 1. The Bertz CT molecular complexity index is 271. The lowest BCUT2D eigenvalue weighted by atomic mass is 9.92. The minimum Gasteiger partial charge on any atom is -0.444 e. The van der Waals surface area contributed by atoms with Gasteiger partial charge in [0.2, 0.25) is 0 Å². The summed E-state index contributed by atoms with van der Waals surface area (Å²) in [7, 11) is 0. The molecule has 0 aromatic carbocycles. The van der Waals surface area contributed by atoms with Crippen LogP contribution in [0.5, 0.6) is 0 Å². The lowest BCUT2D eigenvalue weighted by molar-refractivity contribution is 0.0225. The number of carbonyl (C=O) groups is 1. The highest BCUT2D eigenvalue weighted by Gasteiger charge is 2.43. The molecule has 1 aliphatic heterocycles. The van der Waals surface area contributed by atoms with Gasteiger partial charge in [0.25, 0.3) is 0 Å². The fourth-order valence-electron chi connectivity index (χ4n) is 1.68. The first-order valence-corrected chi connectivity index (χ1v) is 6.15. The van der Waals surface area contributed by atoms with E-state index in [0.29, 0.717) is 13.0 Å². The van der Waals surface area contributed by atoms with Crippen LogP contribution in [-0.2, 0) is 9.47 Å². The quantitative estimate of drug-likeness (QED) is 0.754. The maximum atomic E-state index is 11.7. The van der Waals surface area contributed by atoms with Crippen molar-refractivity contribution in [3.8, 4) is 0 Å². The first kappa shape index (κ1) is 14.5. The van der Waals surface area contributed by atoms with Crippen molar-refractivity contribution in [3.63, 3.8) is 0 Å². The molecule has 2 atom stereocenters. The summed E-state index contributed by atoms with van der Waals surface area (Å²) in [5.41, 5.74) is -1.40. The summed E-state index contributed by atoms with van der Waals surface area (Å²) in [5.74, 6) is 0.0408. The van der Waals surface area contributed by atoms with E-state index < -0.39 is 23.3 Å². The smallest absolute Gasteiger partial charge is 0.408 e. The number of aliphatic hydroxyl groups excluding tert-OH is 1. The van der Waals surface area contributed by atoms with Crippen LogP contribution in [0, 0.1) is 0 Å². The van der Waals surface area contributed by atoms with E-state index in [-0.39, 0.29) is 12.5 Å². The van der Waals surface area contributed by atoms with Crippen LogP contribution in [0.2, 0.25) is 0 Å². The molecule has 1 amide bonds. The molecule has 0 spiro atoms. The number of hydrogen-bond acceptors (Lipinski definition) is 4. The largest absolute Gasteiger partial charge is 0.444 e. The molecule has 2 unspecified atom stereocenters. The predicted molar refractivity (Wildman–Crippen MR) is 64.3 cm³/mol. The molecule has 17 heavy (non-hydrogen) atoms. The van der Waals surface area contributed by atoms with Crippen molar-refractivity contribution in [2.45, 2.75) is 44.4 Å². The zero-order chi connectivity index (χ0) is 13.1. The molecule has 1 saturated heterocycles. The number of alkyl carbamates (subject to hydrolysis) is 1. The molecule has 0 radical (unpaired) electrons. The summed E-state index contributed by atoms with van der Waals surface area (Å²) in [6.45, 7) is 6.08. The monoisotopic (exact) mass is 265 g/mol. The second-order valence-electron chi connectivity index (χ2n) is 5.26. The van der Waals surface area contributed by atoms with Crippen molar-refractivity contribution in [1.29, 1.82) is 0 Å². The number of halogens is 1. The van der Waals surface area contributed by atoms with E-state index in [9.17, 15) is 9.90 Å². The molecule has 0 bridgehead atoms. The molecular formula is C11H20ClNO4. The summed E-state index contributed by atoms with van der Waals surface area (Å²) in [4.78, 5) is 11.7. The van der Waals surface area contributed by atoms with Gasteiger partial charge in [-0.15, -0.1) is 11.6 Å². The molecule has 1 rings (SSSR count). The first-order chi connectivity index (χ1) is 7.79. The SMILES string of the molecule is CC(C)(C)OC(=O)NC1(C(O)CCl)CCOC1. The number of alkyl halides is 1. The van der Waals surface area contributed by atoms with Crippen LogP contribution in [-0.4, -0.2) is 47.5 Å². The minimum absolute atomic E-state index is 0.0408. The lowest BCUT2D eigenvalue weighted by Gasteiger charge is -2.33. The van der Waals surface area contributed by atoms with Crippen LogP contribution in [0.3, 0.4) is 0 Å². The van der Waals surface area contributed by atoms with Crippen molar-refractivity contribution in [3.05, 3.63) is 0 Å². The predicted octanol–water partition coefficient (Wildman–Crippen LogP) is 1.27. The summed E-state index contributed by atoms with van der Waals surface area (Å²) < 4.78 is 10.4. The average Bonchev–Trinajstić information content (AvgIpc) is 2.63. The van der Waals surface area contributed by atoms with Gasteiger partial charge in [0.15, 0.2) is 0 Å². The van der Waals surface area contributed by atoms with Crippen molar-refractivity contribution >= 4 is 17.7 Å². The Morgan fingerprint density at radius 2 is 2.29 bits per heavy atom. The standard InChI is InChI=1S/C11H20ClNO4/c1-10(2,3)17-9(15)13-11(8(14)6-12)4-5-16-7-11/h8,14H,4-7H2,1-3H3,(H,13,15). The molecule has 1 aliphatic rings. The van der Waals surface area contributed by atoms with Crippen LogP contribution in [0.1, 0.15) is 27.2 Å². The summed E-state index contributed by atoms with van der Waals surface area (Å²) in [6.07, 6.45) is -0.883. The molecule has 6 heteroatoms. The van der Waals surface area contributed by atoms with Gasteiger partial charge in [0, 0.05) is 6.61 Å². The molecular weight excluding hydrogens is 246 g/mol. The van der Waals surface area contributed by atoms with Crippen LogP contribution in [0.25, 0.3) is 0 Å². The zero-order valence-electron chi connectivity index (χ0n) is 10.5. The van der Waals surface area contributed by atoms with Crippen LogP contribution in [0.4, 0.5) is 4.79 Å². The number of hydrogen-bond donors (Lipinski definition) is 2. The maximum Gasteiger partial charge on any atom is 0.408 e. The van der Waals surface area contributed by atoms with Crippen LogP contribution >= 0.6 is 11.6 Å². The molecule has 0 saturated carbocycles. The van der Waals surface area contributed by atoms with Gasteiger partial charge in [-0.3, -0.25) is 0 Å². The van der Waals surface area contributed by atoms with E-state index >= 15 is 0 Å². The maximum absolute atomic E-state index is 11.7. The van der Waals surface area contributed by atoms with E-state index in [4.69, 9.17) is 21.1 Å². The summed E-state index contributed by atoms with van der Waals surface area (Å²) in [6, 6.07) is 0. The molecule has 2 N–H and O–H groups in total. The Morgan fingerprint density at radius 3 is 2.71 bits per heavy atom. The van der Waals surface area contributed by atoms with Gasteiger partial charge in [-0.2, -0.15) is 0 Å². The topological polar surface area (TPSA) is 67.8 Å². The van der Waals surface area contributed by atoms with Crippen molar-refractivity contribution in [2.24, 2.45) is 0 Å². The van der Waals surface area contributed by atoms with Crippen LogP contribution in [0.15, 0.2) is 0 Å². The molecule has 0 aromatic rings. The molecule has 0 aliphatic carbocycles. The van der Waals surface area contributed by atoms with Gasteiger partial charge in [0.1, 0.15) is 5.60 Å². The number of nitrogens with one attached hydrogen (secondary N) is 1. The Morgan fingerprint density at radius 1 is 1.65 bits per heavy atom. The number of rotatable bonds is 3. The minimum atomic E-state index is -0.848. The highest BCUT2D eigenvalue weighted by molar-refractivity contribution is 6.18. The van der Waals surface area contributed by atoms with E-state index in [1.165, 1.54) is 0 Å². The second kappa shape index (κ2) is 5.42. The van der Waals surface area contributed by atoms with E-state index in [1.807, 2.05) is 0 Å². The van der Waals surface area contributed by atoms with E-state index in [0.717, 1.165) is 0 Å². The number of amides is 1. The average molecular weight is 266 g/mol. The molecule has 1 heterocycles. The molecule has 0 aromatic heterocycles. The van der Waals surface area contributed by atoms with Gasteiger partial charge < -0.3 is 19.9 Å². The normalized spacial score (nSPS) is 26.6. The number of ether oxygens (including phenoxy) is 2. The van der Waals surface area contributed by atoms with Gasteiger partial charge in [-0.05, 0) is 27.2 Å². The Labute approximate surface area is 106 Å². The van der Waals surface area contributed by atoms with Crippen molar-refractivity contribution in [1.82, 2.24) is 5.32 Å². The van der Waals surface area contributed by atoms with Gasteiger partial charge in [-0.25, -0.2) is 4.79 Å². The fourth-order valence-corrected chi connectivity index (χ4v) is 1.98. The Balaban J connectivity index is 2.65. The Hall–Kier alpha value is -0.520. The van der Waals surface area contributed by atoms with Crippen molar-refractivity contribution < 1.29 is 19.4 Å². The third-order valence-electron chi connectivity index (χ3n) is 2.59. The summed E-state index contributed by atoms with van der Waals surface area (Å²) in [5, 5.41) is 12.6. The zero-order valence-corrected chi connectivity index (χ0v) is 11.2. The first-order valence-electron chi connectivity index (χ1n) is 5.62. The molecule has 1 fully saturated rings. The van der Waals surface area contributed by atoms with E-state index in [1.54, 1.807) is 20.8 Å². The van der Waals surface area contributed by atoms with Gasteiger partial charge in [-0.1, -0.05) is 0 Å². The van der Waals surface area contributed by atoms with Crippen molar-refractivity contribution in [2.75, 3.05) is 19.1 Å². The highest BCUT2D eigenvalue weighted by Crippen LogP contribution is 2.24. The number of aliphatic hydroxyl groups is 1. The molecule has 5 nitrogen and oxygen atoms in total. The van der Waals surface area contributed by atoms with Crippen LogP contribution < -0.4 is 5.32 Å². The van der Waals surface area contributed by atoms with Gasteiger partial charge in [0.05, 0.1) is 24.1 Å². The van der Waals surface area contributed by atoms with E-state index in [2.05, 4.69) is 5.32 Å². The summed E-state index contributed by atoms with van der Waals surface area (Å²) >= 11 is 5.64. The second-order valence-corrected chi connectivity index (χ2v) is 5.56. The Kier molecular flexibility index (Phi) is 4.63. The highest BCUT2D eigenvalue weighted by atomic mass is 35.5. The third kappa shape index (κ3) is 4.01. The lowest BCUT2D eigenvalue weighted by Crippen LogP contribution is -2.58. The van der Waals surface area contributed by atoms with Gasteiger partial charge >= 0.3 is 6.09 Å². The third-order valence-corrected chi connectivity index (χ3v) is 2.88. The fraction of sp³-hybridized carbons (Fsp3) is 0.909. The molecule has 100 valence electrons.